The number of methoxy groups -OCH3 is 1. The fourth-order valence-electron chi connectivity index (χ4n) is 6.18. The van der Waals surface area contributed by atoms with Gasteiger partial charge in [0.2, 0.25) is 0 Å². The average Bonchev–Trinajstić information content (AvgIpc) is 3.57. The topological polar surface area (TPSA) is 91.9 Å². The molecule has 0 spiro atoms. The lowest BCUT2D eigenvalue weighted by molar-refractivity contribution is -0.138. The van der Waals surface area contributed by atoms with Crippen LogP contribution in [0.15, 0.2) is 99.1 Å². The van der Waals surface area contributed by atoms with Crippen molar-refractivity contribution in [3.05, 3.63) is 143 Å². The van der Waals surface area contributed by atoms with E-state index in [2.05, 4.69) is 4.57 Å². The van der Waals surface area contributed by atoms with Crippen LogP contribution in [0.1, 0.15) is 57.0 Å². The van der Waals surface area contributed by atoms with Gasteiger partial charge in [0.15, 0.2) is 4.80 Å². The van der Waals surface area contributed by atoms with Crippen LogP contribution in [-0.4, -0.2) is 41.0 Å². The second-order valence-electron chi connectivity index (χ2n) is 11.3. The largest absolute Gasteiger partial charge is 0.465 e. The van der Waals surface area contributed by atoms with Gasteiger partial charge in [0, 0.05) is 27.5 Å². The highest BCUT2D eigenvalue weighted by Gasteiger charge is 2.35. The molecule has 0 aliphatic carbocycles. The van der Waals surface area contributed by atoms with Crippen molar-refractivity contribution in [3.63, 3.8) is 0 Å². The third kappa shape index (κ3) is 5.86. The summed E-state index contributed by atoms with van der Waals surface area (Å²) in [5, 5.41) is 0. The molecule has 6 rings (SSSR count). The molecule has 5 aromatic rings. The zero-order valence-corrected chi connectivity index (χ0v) is 29.2. The first-order valence-corrected chi connectivity index (χ1v) is 17.5. The van der Waals surface area contributed by atoms with Crippen LogP contribution in [-0.2, 0) is 14.3 Å². The average molecular weight is 678 g/mol. The molecule has 3 aromatic carbocycles. The molecule has 244 valence electrons. The van der Waals surface area contributed by atoms with Crippen LogP contribution in [0.2, 0.25) is 0 Å². The number of nitrogens with zero attached hydrogens (tertiary/aromatic N) is 3. The highest BCUT2D eigenvalue weighted by atomic mass is 32.2. The minimum absolute atomic E-state index is 0.185. The Morgan fingerprint density at radius 1 is 0.979 bits per heavy atom. The molecule has 0 amide bonds. The smallest absolute Gasteiger partial charge is 0.338 e. The lowest BCUT2D eigenvalue weighted by Crippen LogP contribution is -2.40. The summed E-state index contributed by atoms with van der Waals surface area (Å²) < 4.78 is 14.8. The first-order valence-electron chi connectivity index (χ1n) is 15.5. The SMILES string of the molecule is CCOC(=O)C1=C(c2ccccc2)N=c2s/c(=C/c3cc(C)n(-c4cccc(C(=O)OC)c4C)c3C)c(=O)n2[C@H]1c1ccc(SC)cc1. The third-order valence-electron chi connectivity index (χ3n) is 8.51. The Kier molecular flexibility index (Phi) is 9.39. The van der Waals surface area contributed by atoms with Crippen LogP contribution in [0.4, 0.5) is 0 Å². The van der Waals surface area contributed by atoms with Gasteiger partial charge in [0.05, 0.1) is 41.1 Å². The quantitative estimate of drug-likeness (QED) is 0.144. The summed E-state index contributed by atoms with van der Waals surface area (Å²) in [6.45, 7) is 7.83. The number of hydrogen-bond donors (Lipinski definition) is 0. The van der Waals surface area contributed by atoms with Gasteiger partial charge in [0.1, 0.15) is 0 Å². The van der Waals surface area contributed by atoms with E-state index in [0.29, 0.717) is 26.2 Å². The van der Waals surface area contributed by atoms with Gasteiger partial charge in [-0.2, -0.15) is 0 Å². The van der Waals surface area contributed by atoms with E-state index >= 15 is 0 Å². The summed E-state index contributed by atoms with van der Waals surface area (Å²) in [6.07, 6.45) is 3.88. The Morgan fingerprint density at radius 2 is 1.71 bits per heavy atom. The van der Waals surface area contributed by atoms with Gasteiger partial charge in [-0.1, -0.05) is 59.9 Å². The number of aryl methyl sites for hydroxylation is 1. The Labute approximate surface area is 286 Å². The number of benzene rings is 3. The summed E-state index contributed by atoms with van der Waals surface area (Å²) in [5.74, 6) is -0.908. The van der Waals surface area contributed by atoms with Crippen molar-refractivity contribution in [2.24, 2.45) is 4.99 Å². The molecular weight excluding hydrogens is 643 g/mol. The zero-order valence-electron chi connectivity index (χ0n) is 27.6. The van der Waals surface area contributed by atoms with Gasteiger partial charge < -0.3 is 14.0 Å². The number of hydrogen-bond acceptors (Lipinski definition) is 8. The maximum Gasteiger partial charge on any atom is 0.338 e. The molecule has 1 aliphatic heterocycles. The fourth-order valence-corrected chi connectivity index (χ4v) is 7.58. The van der Waals surface area contributed by atoms with E-state index in [-0.39, 0.29) is 12.2 Å². The summed E-state index contributed by atoms with van der Waals surface area (Å²) in [4.78, 5) is 47.1. The van der Waals surface area contributed by atoms with E-state index in [1.165, 1.54) is 18.4 Å². The monoisotopic (exact) mass is 677 g/mol. The normalized spacial score (nSPS) is 14.5. The van der Waals surface area contributed by atoms with E-state index in [0.717, 1.165) is 44.2 Å². The maximum atomic E-state index is 14.4. The van der Waals surface area contributed by atoms with E-state index < -0.39 is 18.0 Å². The predicted molar refractivity (Wildman–Crippen MR) is 191 cm³/mol. The van der Waals surface area contributed by atoms with Crippen LogP contribution < -0.4 is 14.9 Å². The number of thioether (sulfide) groups is 1. The molecule has 0 saturated heterocycles. The van der Waals surface area contributed by atoms with Gasteiger partial charge in [-0.15, -0.1) is 11.8 Å². The number of carbonyl (C=O) groups excluding carboxylic acids is 2. The van der Waals surface area contributed by atoms with Crippen LogP contribution in [0.5, 0.6) is 0 Å². The Hall–Kier alpha value is -4.93. The van der Waals surface area contributed by atoms with Crippen LogP contribution >= 0.6 is 23.1 Å². The number of aromatic nitrogens is 2. The lowest BCUT2D eigenvalue weighted by atomic mass is 9.93. The Morgan fingerprint density at radius 3 is 2.38 bits per heavy atom. The predicted octanol–water partition coefficient (Wildman–Crippen LogP) is 6.16. The van der Waals surface area contributed by atoms with Gasteiger partial charge in [-0.05, 0) is 87.0 Å². The molecule has 8 nitrogen and oxygen atoms in total. The molecule has 2 aromatic heterocycles. The molecule has 1 atom stereocenters. The summed E-state index contributed by atoms with van der Waals surface area (Å²) in [7, 11) is 1.37. The van der Waals surface area contributed by atoms with Crippen LogP contribution in [0.25, 0.3) is 17.5 Å². The molecule has 0 radical (unpaired) electrons. The van der Waals surface area contributed by atoms with E-state index in [9.17, 15) is 14.4 Å². The minimum atomic E-state index is -0.746. The summed E-state index contributed by atoms with van der Waals surface area (Å²) in [6, 6.07) is 24.3. The highest BCUT2D eigenvalue weighted by molar-refractivity contribution is 7.98. The second-order valence-corrected chi connectivity index (χ2v) is 13.2. The number of thiazole rings is 1. The van der Waals surface area contributed by atoms with Crippen molar-refractivity contribution in [3.8, 4) is 5.69 Å². The fraction of sp³-hybridized carbons (Fsp3) is 0.211. The molecule has 0 N–H and O–H groups in total. The molecule has 0 unspecified atom stereocenters. The number of carbonyl (C=O) groups is 2. The van der Waals surface area contributed by atoms with Crippen LogP contribution in [0, 0.1) is 20.8 Å². The van der Waals surface area contributed by atoms with E-state index in [4.69, 9.17) is 14.5 Å². The van der Waals surface area contributed by atoms with Gasteiger partial charge in [-0.25, -0.2) is 14.6 Å². The van der Waals surface area contributed by atoms with Gasteiger partial charge in [-0.3, -0.25) is 9.36 Å². The molecular formula is C38H35N3O5S2. The van der Waals surface area contributed by atoms with Crippen molar-refractivity contribution in [1.82, 2.24) is 9.13 Å². The Balaban J connectivity index is 1.58. The summed E-state index contributed by atoms with van der Waals surface area (Å²) >= 11 is 2.91. The molecule has 0 saturated carbocycles. The minimum Gasteiger partial charge on any atom is -0.465 e. The molecule has 0 bridgehead atoms. The first kappa shape index (κ1) is 33.0. The molecule has 10 heteroatoms. The number of fused-ring (bicyclic) bond motifs is 1. The number of esters is 2. The van der Waals surface area contributed by atoms with Gasteiger partial charge >= 0.3 is 11.9 Å². The highest BCUT2D eigenvalue weighted by Crippen LogP contribution is 2.36. The van der Waals surface area contributed by atoms with Crippen molar-refractivity contribution < 1.29 is 19.1 Å². The summed E-state index contributed by atoms with van der Waals surface area (Å²) in [5.41, 5.74) is 6.95. The second kappa shape index (κ2) is 13.7. The standard InChI is InChI=1S/C38H35N3O5S2/c1-7-46-37(44)32-33(25-12-9-8-10-13-25)39-38-41(34(32)26-16-18-28(47-6)19-17-26)35(42)31(48-38)21-27-20-22(2)40(24(27)4)30-15-11-14-29(23(30)3)36(43)45-5/h8-21,34H,7H2,1-6H3/b31-21+/t34-/m0/s1. The van der Waals surface area contributed by atoms with E-state index in [1.807, 2.05) is 106 Å². The molecule has 48 heavy (non-hydrogen) atoms. The number of rotatable bonds is 8. The van der Waals surface area contributed by atoms with Crippen molar-refractivity contribution in [1.29, 1.82) is 0 Å². The number of ether oxygens (including phenoxy) is 2. The van der Waals surface area contributed by atoms with Crippen molar-refractivity contribution in [2.75, 3.05) is 20.0 Å². The van der Waals surface area contributed by atoms with Crippen LogP contribution in [0.3, 0.4) is 0 Å². The maximum absolute atomic E-state index is 14.4. The zero-order chi connectivity index (χ0) is 34.1. The Bertz CT molecular complexity index is 2260. The lowest BCUT2D eigenvalue weighted by Gasteiger charge is -2.26. The third-order valence-corrected chi connectivity index (χ3v) is 10.2. The first-order chi connectivity index (χ1) is 23.2. The van der Waals surface area contributed by atoms with Gasteiger partial charge in [0.25, 0.3) is 5.56 Å². The van der Waals surface area contributed by atoms with E-state index in [1.54, 1.807) is 29.3 Å². The van der Waals surface area contributed by atoms with Crippen molar-refractivity contribution >= 4 is 46.8 Å². The molecule has 0 fully saturated rings. The molecule has 3 heterocycles. The van der Waals surface area contributed by atoms with Crippen molar-refractivity contribution in [2.45, 2.75) is 38.6 Å². The molecule has 1 aliphatic rings.